The van der Waals surface area contributed by atoms with E-state index < -0.39 is 11.8 Å². The van der Waals surface area contributed by atoms with Gasteiger partial charge in [-0.05, 0) is 30.3 Å². The Balaban J connectivity index is 1.38. The van der Waals surface area contributed by atoms with Crippen molar-refractivity contribution in [3.63, 3.8) is 0 Å². The van der Waals surface area contributed by atoms with Gasteiger partial charge in [0.05, 0.1) is 27.7 Å². The molecule has 0 atom stereocenters. The van der Waals surface area contributed by atoms with E-state index in [0.29, 0.717) is 44.7 Å². The normalized spacial score (nSPS) is 13.1. The van der Waals surface area contributed by atoms with Crippen LogP contribution in [0.1, 0.15) is 11.5 Å². The van der Waals surface area contributed by atoms with Crippen LogP contribution in [0.15, 0.2) is 44.5 Å². The van der Waals surface area contributed by atoms with Crippen LogP contribution in [0.25, 0.3) is 6.08 Å². The second kappa shape index (κ2) is 8.47. The number of thiazole rings is 1. The first-order valence-electron chi connectivity index (χ1n) is 8.79. The third-order valence-electron chi connectivity index (χ3n) is 4.22. The third-order valence-corrected chi connectivity index (χ3v) is 6.00. The second-order valence-corrected chi connectivity index (χ2v) is 8.13. The van der Waals surface area contributed by atoms with Gasteiger partial charge >= 0.3 is 11.8 Å². The van der Waals surface area contributed by atoms with Crippen LogP contribution in [0.4, 0.5) is 5.69 Å². The number of rotatable bonds is 4. The molecule has 2 aromatic heterocycles. The van der Waals surface area contributed by atoms with Gasteiger partial charge in [-0.3, -0.25) is 23.9 Å². The molecule has 0 spiro atoms. The second-order valence-electron chi connectivity index (χ2n) is 6.30. The fourth-order valence-electron chi connectivity index (χ4n) is 2.77. The number of anilines is 1. The number of hydrogen-bond acceptors (Lipinski definition) is 6. The number of aromatic nitrogens is 1. The number of benzene rings is 1. The average Bonchev–Trinajstić information content (AvgIpc) is 3.42. The lowest BCUT2D eigenvalue weighted by Crippen LogP contribution is -2.34. The van der Waals surface area contributed by atoms with E-state index in [2.05, 4.69) is 15.6 Å². The fraction of sp³-hybridized carbons (Fsp3) is 0.158. The molecule has 0 saturated carbocycles. The van der Waals surface area contributed by atoms with E-state index in [4.69, 9.17) is 27.6 Å². The topological polar surface area (TPSA) is 106 Å². The Labute approximate surface area is 183 Å². The van der Waals surface area contributed by atoms with Crippen LogP contribution < -0.4 is 25.5 Å². The van der Waals surface area contributed by atoms with Crippen LogP contribution in [0.2, 0.25) is 10.0 Å². The van der Waals surface area contributed by atoms with Crippen LogP contribution in [0.3, 0.4) is 0 Å². The Hall–Kier alpha value is -2.88. The van der Waals surface area contributed by atoms with Gasteiger partial charge in [-0.25, -0.2) is 0 Å². The molecule has 0 aliphatic carbocycles. The summed E-state index contributed by atoms with van der Waals surface area (Å²) < 4.78 is 7.77. The minimum absolute atomic E-state index is 0.0106. The minimum Gasteiger partial charge on any atom is -0.460 e. The zero-order valence-electron chi connectivity index (χ0n) is 15.3. The summed E-state index contributed by atoms with van der Waals surface area (Å²) in [5, 5.41) is 5.51. The van der Waals surface area contributed by atoms with Gasteiger partial charge in [0, 0.05) is 18.3 Å². The molecular weight excluding hydrogens is 451 g/mol. The Morgan fingerprint density at radius 1 is 1.20 bits per heavy atom. The number of carbonyl (C=O) groups is 2. The van der Waals surface area contributed by atoms with Crippen LogP contribution in [-0.4, -0.2) is 22.9 Å². The molecule has 2 N–H and O–H groups in total. The first-order chi connectivity index (χ1) is 14.4. The molecular formula is C19H14Cl2N4O4S. The Morgan fingerprint density at radius 2 is 2.03 bits per heavy atom. The number of nitrogens with one attached hydrogen (secondary N) is 2. The smallest absolute Gasteiger partial charge is 0.313 e. The lowest BCUT2D eigenvalue weighted by molar-refractivity contribution is -0.136. The first kappa shape index (κ1) is 20.4. The monoisotopic (exact) mass is 464 g/mol. The Bertz CT molecular complexity index is 1320. The van der Waals surface area contributed by atoms with Crippen molar-refractivity contribution in [2.75, 3.05) is 11.9 Å². The molecule has 11 heteroatoms. The van der Waals surface area contributed by atoms with Crippen molar-refractivity contribution in [2.24, 2.45) is 4.99 Å². The van der Waals surface area contributed by atoms with Crippen LogP contribution >= 0.6 is 34.5 Å². The van der Waals surface area contributed by atoms with E-state index in [-0.39, 0.29) is 17.1 Å². The number of amides is 2. The van der Waals surface area contributed by atoms with Crippen molar-refractivity contribution in [2.45, 2.75) is 13.1 Å². The lowest BCUT2D eigenvalue weighted by atomic mass is 10.3. The van der Waals surface area contributed by atoms with Gasteiger partial charge in [-0.2, -0.15) is 0 Å². The third kappa shape index (κ3) is 4.33. The molecule has 1 aliphatic heterocycles. The highest BCUT2D eigenvalue weighted by atomic mass is 35.5. The maximum atomic E-state index is 12.3. The first-order valence-corrected chi connectivity index (χ1v) is 10.4. The summed E-state index contributed by atoms with van der Waals surface area (Å²) in [7, 11) is 0. The van der Waals surface area contributed by atoms with Gasteiger partial charge in [-0.1, -0.05) is 34.5 Å². The number of hydrogen-bond donors (Lipinski definition) is 2. The summed E-state index contributed by atoms with van der Waals surface area (Å²) in [6.45, 7) is 1.24. The molecule has 0 saturated heterocycles. The molecule has 1 aromatic carbocycles. The number of fused-ring (bicyclic) bond motifs is 1. The predicted molar refractivity (Wildman–Crippen MR) is 113 cm³/mol. The molecule has 154 valence electrons. The summed E-state index contributed by atoms with van der Waals surface area (Å²) in [4.78, 5) is 41.3. The molecule has 0 fully saturated rings. The highest BCUT2D eigenvalue weighted by molar-refractivity contribution is 7.07. The number of furan rings is 1. The van der Waals surface area contributed by atoms with E-state index in [9.17, 15) is 14.4 Å². The Kier molecular flexibility index (Phi) is 5.76. The average molecular weight is 465 g/mol. The van der Waals surface area contributed by atoms with E-state index in [1.807, 2.05) is 0 Å². The molecule has 2 amide bonds. The van der Waals surface area contributed by atoms with Crippen molar-refractivity contribution >= 4 is 58.1 Å². The summed E-state index contributed by atoms with van der Waals surface area (Å²) in [5.41, 5.74) is 0.252. The van der Waals surface area contributed by atoms with Crippen LogP contribution in [-0.2, 0) is 22.7 Å². The van der Waals surface area contributed by atoms with Crippen LogP contribution in [0.5, 0.6) is 0 Å². The SMILES string of the molecule is O=C(NCc1ccc(/C=c2\sc3n(c2=O)CCN=3)o1)C(=O)Nc1ccc(Cl)c(Cl)c1. The maximum Gasteiger partial charge on any atom is 0.313 e. The fourth-order valence-corrected chi connectivity index (χ4v) is 4.08. The largest absolute Gasteiger partial charge is 0.460 e. The molecule has 0 radical (unpaired) electrons. The van der Waals surface area contributed by atoms with Crippen molar-refractivity contribution < 1.29 is 14.0 Å². The maximum absolute atomic E-state index is 12.3. The van der Waals surface area contributed by atoms with Gasteiger partial charge in [-0.15, -0.1) is 0 Å². The summed E-state index contributed by atoms with van der Waals surface area (Å²) in [6, 6.07) is 7.83. The van der Waals surface area contributed by atoms with E-state index in [1.54, 1.807) is 22.8 Å². The number of carbonyl (C=O) groups excluding carboxylic acids is 2. The molecule has 30 heavy (non-hydrogen) atoms. The van der Waals surface area contributed by atoms with Crippen molar-refractivity contribution in [3.8, 4) is 0 Å². The van der Waals surface area contributed by atoms with Gasteiger partial charge in [0.1, 0.15) is 11.5 Å². The summed E-state index contributed by atoms with van der Waals surface area (Å²) in [5.74, 6) is -0.780. The van der Waals surface area contributed by atoms with E-state index in [0.717, 1.165) is 0 Å². The van der Waals surface area contributed by atoms with E-state index in [1.165, 1.54) is 29.5 Å². The van der Waals surface area contributed by atoms with E-state index >= 15 is 0 Å². The molecule has 3 aromatic rings. The molecule has 0 unspecified atom stereocenters. The standard InChI is InChI=1S/C19H14Cl2N4O4S/c20-13-4-1-10(7-14(13)21)24-17(27)16(26)23-9-12-3-2-11(29-12)8-15-18(28)25-6-5-22-19(25)30-15/h1-4,7-8H,5-6,9H2,(H,23,26)(H,24,27)/b15-8-. The molecule has 3 heterocycles. The van der Waals surface area contributed by atoms with Gasteiger partial charge in [0.2, 0.25) is 0 Å². The van der Waals surface area contributed by atoms with Gasteiger partial charge in [0.25, 0.3) is 5.56 Å². The molecule has 1 aliphatic rings. The van der Waals surface area contributed by atoms with Crippen LogP contribution in [0, 0.1) is 0 Å². The van der Waals surface area contributed by atoms with Crippen molar-refractivity contribution in [1.82, 2.24) is 9.88 Å². The lowest BCUT2D eigenvalue weighted by Gasteiger charge is -2.06. The van der Waals surface area contributed by atoms with Gasteiger partial charge in [0.15, 0.2) is 4.80 Å². The van der Waals surface area contributed by atoms with Crippen molar-refractivity contribution in [3.05, 3.63) is 71.6 Å². The van der Waals surface area contributed by atoms with Gasteiger partial charge < -0.3 is 15.1 Å². The predicted octanol–water partition coefficient (Wildman–Crippen LogP) is 1.53. The molecule has 0 bridgehead atoms. The Morgan fingerprint density at radius 3 is 2.80 bits per heavy atom. The molecule has 4 rings (SSSR count). The minimum atomic E-state index is -0.850. The quantitative estimate of drug-likeness (QED) is 0.570. The summed E-state index contributed by atoms with van der Waals surface area (Å²) in [6.07, 6.45) is 1.64. The zero-order valence-corrected chi connectivity index (χ0v) is 17.6. The zero-order chi connectivity index (χ0) is 21.3. The van der Waals surface area contributed by atoms with Crippen molar-refractivity contribution in [1.29, 1.82) is 0 Å². The summed E-state index contributed by atoms with van der Waals surface area (Å²) >= 11 is 13.0. The molecule has 8 nitrogen and oxygen atoms in total. The number of halogens is 2. The highest BCUT2D eigenvalue weighted by Gasteiger charge is 2.15. The highest BCUT2D eigenvalue weighted by Crippen LogP contribution is 2.24. The number of nitrogens with zero attached hydrogens (tertiary/aromatic N) is 2.